The zero-order valence-corrected chi connectivity index (χ0v) is 10.6. The smallest absolute Gasteiger partial charge is 0.161 e. The van der Waals surface area contributed by atoms with Crippen LogP contribution in [0.3, 0.4) is 0 Å². The lowest BCUT2D eigenvalue weighted by molar-refractivity contribution is 0.244. The van der Waals surface area contributed by atoms with Crippen molar-refractivity contribution in [3.8, 4) is 11.5 Å². The van der Waals surface area contributed by atoms with E-state index >= 15 is 0 Å². The highest BCUT2D eigenvalue weighted by molar-refractivity contribution is 5.39. The summed E-state index contributed by atoms with van der Waals surface area (Å²) in [7, 11) is 1.67. The van der Waals surface area contributed by atoms with Crippen molar-refractivity contribution in [1.29, 1.82) is 0 Å². The largest absolute Gasteiger partial charge is 0.493 e. The number of benzene rings is 1. The molecule has 94 valence electrons. The van der Waals surface area contributed by atoms with Crippen LogP contribution in [0.4, 0.5) is 0 Å². The van der Waals surface area contributed by atoms with Gasteiger partial charge in [-0.05, 0) is 25.0 Å². The quantitative estimate of drug-likeness (QED) is 0.787. The van der Waals surface area contributed by atoms with E-state index in [0.717, 1.165) is 30.7 Å². The minimum Gasteiger partial charge on any atom is -0.493 e. The van der Waals surface area contributed by atoms with E-state index < -0.39 is 0 Å². The van der Waals surface area contributed by atoms with Gasteiger partial charge in [0.05, 0.1) is 13.7 Å². The predicted molar refractivity (Wildman–Crippen MR) is 68.7 cm³/mol. The molecule has 0 radical (unpaired) electrons. The van der Waals surface area contributed by atoms with Crippen molar-refractivity contribution >= 4 is 0 Å². The molecule has 1 saturated carbocycles. The summed E-state index contributed by atoms with van der Waals surface area (Å²) in [5, 5.41) is 3.51. The molecule has 1 aliphatic carbocycles. The van der Waals surface area contributed by atoms with Gasteiger partial charge in [-0.1, -0.05) is 19.1 Å². The molecule has 0 amide bonds. The van der Waals surface area contributed by atoms with E-state index in [4.69, 9.17) is 9.47 Å². The molecule has 1 atom stereocenters. The van der Waals surface area contributed by atoms with Crippen LogP contribution in [-0.2, 0) is 0 Å². The first-order valence-corrected chi connectivity index (χ1v) is 6.29. The minimum atomic E-state index is 0.514. The van der Waals surface area contributed by atoms with E-state index in [-0.39, 0.29) is 0 Å². The van der Waals surface area contributed by atoms with Crippen molar-refractivity contribution in [1.82, 2.24) is 5.32 Å². The second kappa shape index (κ2) is 5.92. The maximum Gasteiger partial charge on any atom is 0.161 e. The Bertz CT molecular complexity index is 350. The summed E-state index contributed by atoms with van der Waals surface area (Å²) in [4.78, 5) is 0. The van der Waals surface area contributed by atoms with Crippen LogP contribution in [0.5, 0.6) is 11.5 Å². The van der Waals surface area contributed by atoms with Crippen molar-refractivity contribution in [2.75, 3.05) is 20.3 Å². The van der Waals surface area contributed by atoms with E-state index in [2.05, 4.69) is 12.2 Å². The van der Waals surface area contributed by atoms with E-state index in [1.165, 1.54) is 12.8 Å². The first-order valence-electron chi connectivity index (χ1n) is 6.29. The summed E-state index contributed by atoms with van der Waals surface area (Å²) >= 11 is 0. The Morgan fingerprint density at radius 1 is 1.29 bits per heavy atom. The number of hydrogen-bond acceptors (Lipinski definition) is 3. The standard InChI is InChI=1S/C14H21NO2/c1-11(9-15-12-7-8-12)10-17-14-6-4-3-5-13(14)16-2/h3-6,11-12,15H,7-10H2,1-2H3. The second-order valence-corrected chi connectivity index (χ2v) is 4.75. The van der Waals surface area contributed by atoms with Crippen LogP contribution in [0.2, 0.25) is 0 Å². The first-order chi connectivity index (χ1) is 8.29. The first kappa shape index (κ1) is 12.2. The van der Waals surface area contributed by atoms with Gasteiger partial charge in [-0.15, -0.1) is 0 Å². The lowest BCUT2D eigenvalue weighted by Gasteiger charge is -2.15. The predicted octanol–water partition coefficient (Wildman–Crippen LogP) is 2.46. The van der Waals surface area contributed by atoms with Crippen molar-refractivity contribution in [3.05, 3.63) is 24.3 Å². The van der Waals surface area contributed by atoms with Gasteiger partial charge in [-0.2, -0.15) is 0 Å². The van der Waals surface area contributed by atoms with Gasteiger partial charge in [0.25, 0.3) is 0 Å². The molecule has 0 saturated heterocycles. The number of nitrogens with one attached hydrogen (secondary N) is 1. The third-order valence-corrected chi connectivity index (χ3v) is 2.92. The average molecular weight is 235 g/mol. The lowest BCUT2D eigenvalue weighted by atomic mass is 10.2. The Morgan fingerprint density at radius 2 is 2.00 bits per heavy atom. The second-order valence-electron chi connectivity index (χ2n) is 4.75. The monoisotopic (exact) mass is 235 g/mol. The topological polar surface area (TPSA) is 30.5 Å². The van der Waals surface area contributed by atoms with Crippen LogP contribution >= 0.6 is 0 Å². The number of rotatable bonds is 7. The van der Waals surface area contributed by atoms with Crippen LogP contribution in [0.15, 0.2) is 24.3 Å². The molecule has 1 aliphatic rings. The molecule has 3 heteroatoms. The normalized spacial score (nSPS) is 16.6. The van der Waals surface area contributed by atoms with Gasteiger partial charge in [-0.3, -0.25) is 0 Å². The van der Waals surface area contributed by atoms with Crippen molar-refractivity contribution in [2.45, 2.75) is 25.8 Å². The third kappa shape index (κ3) is 3.93. The maximum atomic E-state index is 5.78. The van der Waals surface area contributed by atoms with Crippen molar-refractivity contribution in [3.63, 3.8) is 0 Å². The van der Waals surface area contributed by atoms with Crippen molar-refractivity contribution in [2.24, 2.45) is 5.92 Å². The Hall–Kier alpha value is -1.22. The highest BCUT2D eigenvalue weighted by atomic mass is 16.5. The van der Waals surface area contributed by atoms with Crippen LogP contribution in [0, 0.1) is 5.92 Å². The molecule has 0 aromatic heterocycles. The summed E-state index contributed by atoms with van der Waals surface area (Å²) in [5.74, 6) is 2.14. The van der Waals surface area contributed by atoms with Gasteiger partial charge in [-0.25, -0.2) is 0 Å². The Labute approximate surface area is 103 Å². The molecule has 1 N–H and O–H groups in total. The molecule has 17 heavy (non-hydrogen) atoms. The van der Waals surface area contributed by atoms with Crippen molar-refractivity contribution < 1.29 is 9.47 Å². The molecule has 0 spiro atoms. The van der Waals surface area contributed by atoms with Crippen LogP contribution in [0.25, 0.3) is 0 Å². The zero-order valence-electron chi connectivity index (χ0n) is 10.6. The number of para-hydroxylation sites is 2. The number of methoxy groups -OCH3 is 1. The highest BCUT2D eigenvalue weighted by Gasteiger charge is 2.20. The van der Waals surface area contributed by atoms with Gasteiger partial charge >= 0.3 is 0 Å². The Morgan fingerprint density at radius 3 is 2.65 bits per heavy atom. The molecule has 1 aromatic rings. The average Bonchev–Trinajstić information content (AvgIpc) is 3.18. The summed E-state index contributed by atoms with van der Waals surface area (Å²) in [6, 6.07) is 8.54. The van der Waals surface area contributed by atoms with Crippen LogP contribution in [0.1, 0.15) is 19.8 Å². The van der Waals surface area contributed by atoms with Gasteiger partial charge in [0, 0.05) is 18.5 Å². The molecule has 2 rings (SSSR count). The fourth-order valence-electron chi connectivity index (χ4n) is 1.68. The van der Waals surface area contributed by atoms with E-state index in [1.54, 1.807) is 7.11 Å². The Kier molecular flexibility index (Phi) is 4.26. The SMILES string of the molecule is COc1ccccc1OCC(C)CNC1CC1. The maximum absolute atomic E-state index is 5.78. The molecule has 1 unspecified atom stereocenters. The molecule has 1 fully saturated rings. The molecule has 0 aliphatic heterocycles. The van der Waals surface area contributed by atoms with Gasteiger partial charge in [0.15, 0.2) is 11.5 Å². The summed E-state index contributed by atoms with van der Waals surface area (Å²) < 4.78 is 11.0. The van der Waals surface area contributed by atoms with E-state index in [0.29, 0.717) is 5.92 Å². The van der Waals surface area contributed by atoms with E-state index in [1.807, 2.05) is 24.3 Å². The minimum absolute atomic E-state index is 0.514. The van der Waals surface area contributed by atoms with E-state index in [9.17, 15) is 0 Å². The summed E-state index contributed by atoms with van der Waals surface area (Å²) in [5.41, 5.74) is 0. The van der Waals surface area contributed by atoms with Crippen LogP contribution < -0.4 is 14.8 Å². The highest BCUT2D eigenvalue weighted by Crippen LogP contribution is 2.26. The molecule has 0 heterocycles. The van der Waals surface area contributed by atoms with Gasteiger partial charge < -0.3 is 14.8 Å². The number of hydrogen-bond donors (Lipinski definition) is 1. The molecular weight excluding hydrogens is 214 g/mol. The van der Waals surface area contributed by atoms with Crippen LogP contribution in [-0.4, -0.2) is 26.3 Å². The molecule has 0 bridgehead atoms. The molecule has 1 aromatic carbocycles. The van der Waals surface area contributed by atoms with Gasteiger partial charge in [0.2, 0.25) is 0 Å². The fourth-order valence-corrected chi connectivity index (χ4v) is 1.68. The Balaban J connectivity index is 1.75. The molecule has 3 nitrogen and oxygen atoms in total. The van der Waals surface area contributed by atoms with Gasteiger partial charge in [0.1, 0.15) is 0 Å². The summed E-state index contributed by atoms with van der Waals surface area (Å²) in [6.45, 7) is 3.95. The summed E-state index contributed by atoms with van der Waals surface area (Å²) in [6.07, 6.45) is 2.67. The number of ether oxygens (including phenoxy) is 2. The zero-order chi connectivity index (χ0) is 12.1. The lowest BCUT2D eigenvalue weighted by Crippen LogP contribution is -2.26. The molecular formula is C14H21NO2. The fraction of sp³-hybridized carbons (Fsp3) is 0.571. The third-order valence-electron chi connectivity index (χ3n) is 2.92.